The maximum absolute atomic E-state index is 11.5. The fourth-order valence-electron chi connectivity index (χ4n) is 2.24. The molecule has 0 spiro atoms. The minimum atomic E-state index is -1.05. The van der Waals surface area contributed by atoms with Crippen molar-refractivity contribution < 1.29 is 23.8 Å². The quantitative estimate of drug-likeness (QED) is 0.829. The van der Waals surface area contributed by atoms with E-state index in [0.29, 0.717) is 24.3 Å². The lowest BCUT2D eigenvalue weighted by Gasteiger charge is -2.31. The molecule has 1 amide bonds. The van der Waals surface area contributed by atoms with Gasteiger partial charge in [0.2, 0.25) is 5.91 Å². The lowest BCUT2D eigenvalue weighted by Crippen LogP contribution is -2.52. The second kappa shape index (κ2) is 5.06. The molecule has 8 heteroatoms. The molecule has 1 aliphatic rings. The van der Waals surface area contributed by atoms with Crippen LogP contribution in [0.2, 0.25) is 0 Å². The number of benzene rings is 1. The zero-order valence-electron chi connectivity index (χ0n) is 11.0. The fraction of sp³-hybridized carbons (Fsp3) is 0.308. The summed E-state index contributed by atoms with van der Waals surface area (Å²) in [6.07, 6.45) is 0. The third kappa shape index (κ3) is 2.40. The number of ether oxygens (including phenoxy) is 1. The van der Waals surface area contributed by atoms with Crippen molar-refractivity contribution >= 4 is 29.0 Å². The van der Waals surface area contributed by atoms with Crippen molar-refractivity contribution in [3.63, 3.8) is 0 Å². The number of carbonyl (C=O) groups excluding carboxylic acids is 1. The molecule has 0 radical (unpaired) electrons. The predicted octanol–water partition coefficient (Wildman–Crippen LogP) is 0.217. The Hall–Kier alpha value is -2.61. The Balaban J connectivity index is 1.99. The largest absolute Gasteiger partial charge is 0.478 e. The molecule has 21 heavy (non-hydrogen) atoms. The number of rotatable bonds is 3. The van der Waals surface area contributed by atoms with Crippen LogP contribution in [0.15, 0.2) is 22.6 Å². The summed E-state index contributed by atoms with van der Waals surface area (Å²) in [5, 5.41) is 8.96. The van der Waals surface area contributed by atoms with Gasteiger partial charge in [-0.15, -0.1) is 0 Å². The van der Waals surface area contributed by atoms with E-state index in [1.54, 1.807) is 11.0 Å². The van der Waals surface area contributed by atoms with Crippen molar-refractivity contribution in [3.05, 3.63) is 23.8 Å². The molecule has 0 aliphatic carbocycles. The molecular weight excluding hydrogens is 278 g/mol. The number of aromatic carboxylic acids is 1. The third-order valence-corrected chi connectivity index (χ3v) is 3.33. The first kappa shape index (κ1) is 13.4. The molecule has 0 bridgehead atoms. The number of aromatic nitrogens is 1. The number of nitrogens with two attached hydrogens (primary N) is 1. The number of hydrogen-bond acceptors (Lipinski definition) is 6. The molecule has 110 valence electrons. The first-order chi connectivity index (χ1) is 10.1. The lowest BCUT2D eigenvalue weighted by molar-refractivity contribution is -0.121. The molecule has 8 nitrogen and oxygen atoms in total. The summed E-state index contributed by atoms with van der Waals surface area (Å²) in [4.78, 5) is 28.3. The third-order valence-electron chi connectivity index (χ3n) is 3.33. The van der Waals surface area contributed by atoms with Gasteiger partial charge in [0.25, 0.3) is 6.01 Å². The number of morpholine rings is 1. The molecule has 1 saturated heterocycles. The molecule has 1 fully saturated rings. The topological polar surface area (TPSA) is 119 Å². The van der Waals surface area contributed by atoms with E-state index >= 15 is 0 Å². The van der Waals surface area contributed by atoms with Crippen LogP contribution in [0.1, 0.15) is 10.4 Å². The number of hydrogen-bond donors (Lipinski definition) is 2. The number of primary amides is 1. The summed E-state index contributed by atoms with van der Waals surface area (Å²) < 4.78 is 10.8. The molecular formula is C13H13N3O5. The van der Waals surface area contributed by atoms with Crippen LogP contribution in [0.3, 0.4) is 0 Å². The highest BCUT2D eigenvalue weighted by atomic mass is 16.5. The minimum Gasteiger partial charge on any atom is -0.478 e. The van der Waals surface area contributed by atoms with E-state index in [1.165, 1.54) is 12.1 Å². The molecule has 3 rings (SSSR count). The molecule has 1 atom stereocenters. The van der Waals surface area contributed by atoms with Gasteiger partial charge in [0.05, 0.1) is 18.8 Å². The maximum atomic E-state index is 11.5. The van der Waals surface area contributed by atoms with Gasteiger partial charge in [0.15, 0.2) is 5.58 Å². The van der Waals surface area contributed by atoms with E-state index in [0.717, 1.165) is 0 Å². The number of oxazole rings is 1. The van der Waals surface area contributed by atoms with E-state index in [4.69, 9.17) is 20.0 Å². The smallest absolute Gasteiger partial charge is 0.335 e. The average molecular weight is 291 g/mol. The van der Waals surface area contributed by atoms with Crippen molar-refractivity contribution in [1.29, 1.82) is 0 Å². The van der Waals surface area contributed by atoms with Gasteiger partial charge in [-0.2, -0.15) is 4.98 Å². The van der Waals surface area contributed by atoms with Gasteiger partial charge in [-0.25, -0.2) is 4.79 Å². The van der Waals surface area contributed by atoms with Gasteiger partial charge in [0.1, 0.15) is 11.6 Å². The van der Waals surface area contributed by atoms with Crippen LogP contribution >= 0.6 is 0 Å². The fourth-order valence-corrected chi connectivity index (χ4v) is 2.24. The number of carbonyl (C=O) groups is 2. The van der Waals surface area contributed by atoms with Gasteiger partial charge in [-0.1, -0.05) is 0 Å². The maximum Gasteiger partial charge on any atom is 0.335 e. The van der Waals surface area contributed by atoms with E-state index in [2.05, 4.69) is 4.98 Å². The van der Waals surface area contributed by atoms with Crippen molar-refractivity contribution in [2.24, 2.45) is 5.73 Å². The standard InChI is InChI=1S/C13H13N3O5/c14-11(17)9-6-20-4-3-16(9)13-15-8-2-1-7(12(18)19)5-10(8)21-13/h1-2,5,9H,3-4,6H2,(H2,14,17)(H,18,19). The molecule has 1 unspecified atom stereocenters. The van der Waals surface area contributed by atoms with E-state index in [-0.39, 0.29) is 18.2 Å². The summed E-state index contributed by atoms with van der Waals surface area (Å²) in [7, 11) is 0. The van der Waals surface area contributed by atoms with Gasteiger partial charge in [-0.3, -0.25) is 4.79 Å². The molecule has 0 saturated carbocycles. The number of anilines is 1. The van der Waals surface area contributed by atoms with Gasteiger partial charge in [-0.05, 0) is 18.2 Å². The second-order valence-corrected chi connectivity index (χ2v) is 4.67. The lowest BCUT2D eigenvalue weighted by atomic mass is 10.2. The number of carboxylic acid groups (broad SMARTS) is 1. The Morgan fingerprint density at radius 2 is 2.24 bits per heavy atom. The van der Waals surface area contributed by atoms with Gasteiger partial charge < -0.3 is 24.9 Å². The summed E-state index contributed by atoms with van der Waals surface area (Å²) in [6.45, 7) is 1.03. The monoisotopic (exact) mass is 291 g/mol. The van der Waals surface area contributed by atoms with Crippen LogP contribution < -0.4 is 10.6 Å². The van der Waals surface area contributed by atoms with E-state index in [9.17, 15) is 9.59 Å². The highest BCUT2D eigenvalue weighted by Gasteiger charge is 2.31. The van der Waals surface area contributed by atoms with E-state index < -0.39 is 17.9 Å². The Morgan fingerprint density at radius 1 is 1.43 bits per heavy atom. The Bertz CT molecular complexity index is 711. The highest BCUT2D eigenvalue weighted by Crippen LogP contribution is 2.25. The van der Waals surface area contributed by atoms with Crippen LogP contribution in [0.4, 0.5) is 6.01 Å². The molecule has 1 aromatic carbocycles. The van der Waals surface area contributed by atoms with Crippen LogP contribution in [0.25, 0.3) is 11.1 Å². The normalized spacial score (nSPS) is 18.9. The molecule has 2 heterocycles. The summed E-state index contributed by atoms with van der Waals surface area (Å²) in [6, 6.07) is 3.99. The predicted molar refractivity (Wildman–Crippen MR) is 72.1 cm³/mol. The molecule has 1 aliphatic heterocycles. The molecule has 2 aromatic rings. The van der Waals surface area contributed by atoms with Crippen molar-refractivity contribution in [2.75, 3.05) is 24.7 Å². The van der Waals surface area contributed by atoms with Crippen LogP contribution in [-0.4, -0.2) is 47.8 Å². The number of carboxylic acids is 1. The van der Waals surface area contributed by atoms with E-state index in [1.807, 2.05) is 0 Å². The molecule has 3 N–H and O–H groups in total. The zero-order chi connectivity index (χ0) is 15.0. The second-order valence-electron chi connectivity index (χ2n) is 4.67. The summed E-state index contributed by atoms with van der Waals surface area (Å²) >= 11 is 0. The summed E-state index contributed by atoms with van der Waals surface area (Å²) in [5.41, 5.74) is 6.32. The SMILES string of the molecule is NC(=O)C1COCCN1c1nc2ccc(C(=O)O)cc2o1. The number of amides is 1. The Morgan fingerprint density at radius 3 is 2.95 bits per heavy atom. The summed E-state index contributed by atoms with van der Waals surface area (Å²) in [5.74, 6) is -1.57. The Labute approximate surface area is 119 Å². The van der Waals surface area contributed by atoms with Crippen LogP contribution in [0, 0.1) is 0 Å². The highest BCUT2D eigenvalue weighted by molar-refractivity contribution is 5.92. The molecule has 1 aromatic heterocycles. The van der Waals surface area contributed by atoms with Crippen molar-refractivity contribution in [2.45, 2.75) is 6.04 Å². The van der Waals surface area contributed by atoms with Crippen molar-refractivity contribution in [1.82, 2.24) is 4.98 Å². The zero-order valence-corrected chi connectivity index (χ0v) is 11.0. The first-order valence-corrected chi connectivity index (χ1v) is 6.34. The van der Waals surface area contributed by atoms with Crippen LogP contribution in [0.5, 0.6) is 0 Å². The number of fused-ring (bicyclic) bond motifs is 1. The first-order valence-electron chi connectivity index (χ1n) is 6.34. The van der Waals surface area contributed by atoms with Crippen LogP contribution in [-0.2, 0) is 9.53 Å². The minimum absolute atomic E-state index is 0.110. The Kier molecular flexibility index (Phi) is 3.22. The van der Waals surface area contributed by atoms with Gasteiger partial charge in [0, 0.05) is 6.54 Å². The van der Waals surface area contributed by atoms with Gasteiger partial charge >= 0.3 is 5.97 Å². The average Bonchev–Trinajstić information content (AvgIpc) is 2.89. The van der Waals surface area contributed by atoms with Crippen molar-refractivity contribution in [3.8, 4) is 0 Å². The number of nitrogens with zero attached hydrogens (tertiary/aromatic N) is 2.